The monoisotopic (exact) mass is 473 g/mol. The molecule has 2 aliphatic rings. The zero-order chi connectivity index (χ0) is 22.5. The predicted molar refractivity (Wildman–Crippen MR) is 123 cm³/mol. The van der Waals surface area contributed by atoms with Gasteiger partial charge in [-0.25, -0.2) is 4.68 Å². The molecule has 0 bridgehead atoms. The number of carbonyl (C=O) groups excluding carboxylic acids is 1. The molecule has 0 radical (unpaired) electrons. The molecule has 8 nitrogen and oxygen atoms in total. The summed E-state index contributed by atoms with van der Waals surface area (Å²) in [6.45, 7) is 2.06. The second-order valence-corrected chi connectivity index (χ2v) is 10.0. The summed E-state index contributed by atoms with van der Waals surface area (Å²) in [4.78, 5) is 16.2. The van der Waals surface area contributed by atoms with Crippen molar-refractivity contribution in [3.8, 4) is 16.8 Å². The Bertz CT molecular complexity index is 1150. The maximum Gasteiger partial charge on any atom is 0.277 e. The van der Waals surface area contributed by atoms with Gasteiger partial charge in [-0.05, 0) is 62.3 Å². The van der Waals surface area contributed by atoms with E-state index in [1.54, 1.807) is 0 Å². The fourth-order valence-electron chi connectivity index (χ4n) is 4.79. The van der Waals surface area contributed by atoms with Gasteiger partial charge in [-0.3, -0.25) is 4.79 Å². The van der Waals surface area contributed by atoms with Crippen molar-refractivity contribution in [3.63, 3.8) is 0 Å². The number of hydrogen-bond acceptors (Lipinski definition) is 7. The Morgan fingerprint density at radius 1 is 1.28 bits per heavy atom. The third kappa shape index (κ3) is 3.80. The highest BCUT2D eigenvalue weighted by Gasteiger charge is 2.54. The summed E-state index contributed by atoms with van der Waals surface area (Å²) in [6.07, 6.45) is 6.00. The standard InChI is InChI=1S/C22H24ClN5O3S/c1-12-17(11-25-28(12)15-5-3-13(23)4-6-15)26-14-7-22(8-14)9-16(10-22)31-20-18(19(24)29)32-21(27-20)30-2/h3-6,11,14,16,26H,7-10H2,1-2H3,(H2,24,29). The van der Waals surface area contributed by atoms with Gasteiger partial charge in [0.2, 0.25) is 5.88 Å². The van der Waals surface area contributed by atoms with Crippen molar-refractivity contribution in [2.45, 2.75) is 44.8 Å². The molecular formula is C22H24ClN5O3S. The number of amides is 1. The van der Waals surface area contributed by atoms with Gasteiger partial charge in [0.05, 0.1) is 30.4 Å². The molecule has 0 atom stereocenters. The molecule has 3 N–H and O–H groups in total. The van der Waals surface area contributed by atoms with Crippen LogP contribution in [0.3, 0.4) is 0 Å². The molecule has 5 rings (SSSR count). The van der Waals surface area contributed by atoms with Crippen molar-refractivity contribution >= 4 is 34.5 Å². The van der Waals surface area contributed by atoms with Gasteiger partial charge >= 0.3 is 0 Å². The van der Waals surface area contributed by atoms with E-state index in [1.807, 2.05) is 35.1 Å². The van der Waals surface area contributed by atoms with Crippen molar-refractivity contribution < 1.29 is 14.3 Å². The lowest BCUT2D eigenvalue weighted by atomic mass is 9.53. The maximum absolute atomic E-state index is 11.6. The first-order chi connectivity index (χ1) is 15.4. The summed E-state index contributed by atoms with van der Waals surface area (Å²) < 4.78 is 13.0. The van der Waals surface area contributed by atoms with Crippen LogP contribution in [0.25, 0.3) is 5.69 Å². The summed E-state index contributed by atoms with van der Waals surface area (Å²) in [7, 11) is 1.51. The van der Waals surface area contributed by atoms with Gasteiger partial charge in [0.25, 0.3) is 11.1 Å². The van der Waals surface area contributed by atoms with Crippen molar-refractivity contribution in [1.29, 1.82) is 0 Å². The van der Waals surface area contributed by atoms with Crippen LogP contribution in [0.5, 0.6) is 11.1 Å². The number of anilines is 1. The quantitative estimate of drug-likeness (QED) is 0.533. The van der Waals surface area contributed by atoms with Crippen molar-refractivity contribution in [1.82, 2.24) is 14.8 Å². The summed E-state index contributed by atoms with van der Waals surface area (Å²) in [5, 5.41) is 9.25. The number of rotatable bonds is 7. The van der Waals surface area contributed by atoms with Crippen LogP contribution in [-0.4, -0.2) is 39.9 Å². The SMILES string of the molecule is COc1nc(OC2CC3(CC(Nc4cnn(-c5ccc(Cl)cc5)c4C)C3)C2)c(C(N)=O)s1. The van der Waals surface area contributed by atoms with Crippen LogP contribution in [0.1, 0.15) is 41.0 Å². The molecule has 32 heavy (non-hydrogen) atoms. The Balaban J connectivity index is 1.15. The lowest BCUT2D eigenvalue weighted by Crippen LogP contribution is -2.56. The van der Waals surface area contributed by atoms with Crippen LogP contribution < -0.4 is 20.5 Å². The summed E-state index contributed by atoms with van der Waals surface area (Å²) in [5.41, 5.74) is 8.84. The molecule has 168 valence electrons. The summed E-state index contributed by atoms with van der Waals surface area (Å²) >= 11 is 7.10. The molecule has 0 aliphatic heterocycles. The second-order valence-electron chi connectivity index (χ2n) is 8.61. The Hall–Kier alpha value is -2.78. The van der Waals surface area contributed by atoms with Crippen LogP contribution >= 0.6 is 22.9 Å². The van der Waals surface area contributed by atoms with Gasteiger partial charge in [0.15, 0.2) is 4.88 Å². The Kier molecular flexibility index (Phi) is 5.25. The molecular weight excluding hydrogens is 450 g/mol. The Labute approximate surface area is 194 Å². The highest BCUT2D eigenvalue weighted by Crippen LogP contribution is 2.57. The average molecular weight is 474 g/mol. The third-order valence-electron chi connectivity index (χ3n) is 6.37. The fourth-order valence-corrected chi connectivity index (χ4v) is 5.59. The molecule has 0 saturated heterocycles. The minimum absolute atomic E-state index is 0.0512. The topological polar surface area (TPSA) is 104 Å². The third-order valence-corrected chi connectivity index (χ3v) is 7.64. The van der Waals surface area contributed by atoms with E-state index in [0.717, 1.165) is 54.1 Å². The van der Waals surface area contributed by atoms with Gasteiger partial charge in [-0.2, -0.15) is 10.1 Å². The minimum atomic E-state index is -0.544. The number of nitrogens with two attached hydrogens (primary N) is 1. The number of methoxy groups -OCH3 is 1. The first-order valence-electron chi connectivity index (χ1n) is 10.4. The lowest BCUT2D eigenvalue weighted by Gasteiger charge is -2.57. The Morgan fingerprint density at radius 3 is 2.66 bits per heavy atom. The maximum atomic E-state index is 11.6. The molecule has 3 aromatic rings. The zero-order valence-corrected chi connectivity index (χ0v) is 19.4. The van der Waals surface area contributed by atoms with Crippen LogP contribution in [0.4, 0.5) is 5.69 Å². The van der Waals surface area contributed by atoms with Crippen LogP contribution in [0, 0.1) is 12.3 Å². The number of hydrogen-bond donors (Lipinski definition) is 2. The van der Waals surface area contributed by atoms with E-state index in [1.165, 1.54) is 7.11 Å². The van der Waals surface area contributed by atoms with Crippen molar-refractivity contribution in [3.05, 3.63) is 46.1 Å². The molecule has 10 heteroatoms. The van der Waals surface area contributed by atoms with Gasteiger partial charge < -0.3 is 20.5 Å². The van der Waals surface area contributed by atoms with Crippen LogP contribution in [0.2, 0.25) is 5.02 Å². The van der Waals surface area contributed by atoms with Crippen LogP contribution in [0.15, 0.2) is 30.5 Å². The summed E-state index contributed by atoms with van der Waals surface area (Å²) in [5.74, 6) is -0.254. The van der Waals surface area contributed by atoms with Crippen molar-refractivity contribution in [2.24, 2.45) is 11.1 Å². The van der Waals surface area contributed by atoms with Gasteiger partial charge in [-0.1, -0.05) is 22.9 Å². The number of nitrogens with one attached hydrogen (secondary N) is 1. The van der Waals surface area contributed by atoms with E-state index in [9.17, 15) is 4.79 Å². The van der Waals surface area contributed by atoms with Crippen LogP contribution in [-0.2, 0) is 0 Å². The molecule has 1 spiro atoms. The van der Waals surface area contributed by atoms with Gasteiger partial charge in [-0.15, -0.1) is 0 Å². The van der Waals surface area contributed by atoms with Gasteiger partial charge in [0.1, 0.15) is 6.10 Å². The number of carbonyl (C=O) groups is 1. The molecule has 2 heterocycles. The highest BCUT2D eigenvalue weighted by atomic mass is 35.5. The number of aromatic nitrogens is 3. The smallest absolute Gasteiger partial charge is 0.277 e. The lowest BCUT2D eigenvalue weighted by molar-refractivity contribution is -0.0758. The highest BCUT2D eigenvalue weighted by molar-refractivity contribution is 7.15. The fraction of sp³-hybridized carbons (Fsp3) is 0.409. The molecule has 0 unspecified atom stereocenters. The normalized spacial score (nSPS) is 24.0. The number of benzene rings is 1. The van der Waals surface area contributed by atoms with E-state index < -0.39 is 5.91 Å². The zero-order valence-electron chi connectivity index (χ0n) is 17.8. The Morgan fingerprint density at radius 2 is 2.00 bits per heavy atom. The van der Waals surface area contributed by atoms with E-state index >= 15 is 0 Å². The van der Waals surface area contributed by atoms with Crippen molar-refractivity contribution in [2.75, 3.05) is 12.4 Å². The average Bonchev–Trinajstić information content (AvgIpc) is 3.29. The molecule has 1 aromatic carbocycles. The second kappa shape index (κ2) is 7.97. The minimum Gasteiger partial charge on any atom is -0.473 e. The van der Waals surface area contributed by atoms with E-state index in [-0.39, 0.29) is 6.10 Å². The number of halogens is 1. The van der Waals surface area contributed by atoms with E-state index in [0.29, 0.717) is 32.4 Å². The number of primary amides is 1. The molecule has 2 aliphatic carbocycles. The largest absolute Gasteiger partial charge is 0.473 e. The predicted octanol–water partition coefficient (Wildman–Crippen LogP) is 4.20. The molecule has 1 amide bonds. The van der Waals surface area contributed by atoms with Gasteiger partial charge in [0, 0.05) is 11.1 Å². The molecule has 2 aromatic heterocycles. The molecule has 2 saturated carbocycles. The van der Waals surface area contributed by atoms with E-state index in [2.05, 4.69) is 22.3 Å². The molecule has 2 fully saturated rings. The number of nitrogens with zero attached hydrogens (tertiary/aromatic N) is 3. The first kappa shape index (κ1) is 21.1. The first-order valence-corrected chi connectivity index (χ1v) is 11.6. The number of thiazole rings is 1. The number of ether oxygens (including phenoxy) is 2. The van der Waals surface area contributed by atoms with E-state index in [4.69, 9.17) is 26.8 Å². The summed E-state index contributed by atoms with van der Waals surface area (Å²) in [6, 6.07) is 8.06.